The smallest absolute Gasteiger partial charge is 0.112 e. The van der Waals surface area contributed by atoms with Gasteiger partial charge >= 0.3 is 0 Å². The lowest BCUT2D eigenvalue weighted by Gasteiger charge is -2.32. The van der Waals surface area contributed by atoms with Crippen LogP contribution in [0.4, 0.5) is 0 Å². The highest BCUT2D eigenvalue weighted by Crippen LogP contribution is 2.21. The standard InChI is InChI=1S/C16H18N2O/c1-2-6-14(7-3-1)12-18-10-11-19-16(13-18)15-8-4-5-9-17-15/h1-9,16H,10-13H2/i5D. The molecule has 19 heavy (non-hydrogen) atoms. The molecule has 2 aromatic rings. The van der Waals surface area contributed by atoms with Crippen molar-refractivity contribution in [1.29, 1.82) is 0 Å². The predicted molar refractivity (Wildman–Crippen MR) is 74.6 cm³/mol. The molecule has 1 aromatic carbocycles. The third kappa shape index (κ3) is 3.19. The van der Waals surface area contributed by atoms with E-state index in [-0.39, 0.29) is 6.10 Å². The summed E-state index contributed by atoms with van der Waals surface area (Å²) in [7, 11) is 0. The van der Waals surface area contributed by atoms with E-state index in [0.29, 0.717) is 6.04 Å². The van der Waals surface area contributed by atoms with E-state index >= 15 is 0 Å². The van der Waals surface area contributed by atoms with Crippen molar-refractivity contribution in [3.63, 3.8) is 0 Å². The van der Waals surface area contributed by atoms with E-state index in [0.717, 1.165) is 31.9 Å². The highest BCUT2D eigenvalue weighted by molar-refractivity contribution is 5.15. The quantitative estimate of drug-likeness (QED) is 0.843. The Kier molecular flexibility index (Phi) is 3.49. The number of aromatic nitrogens is 1. The lowest BCUT2D eigenvalue weighted by atomic mass is 10.1. The van der Waals surface area contributed by atoms with Crippen LogP contribution in [-0.4, -0.2) is 29.6 Å². The fourth-order valence-corrected chi connectivity index (χ4v) is 2.39. The number of ether oxygens (including phenoxy) is 1. The molecule has 2 heterocycles. The molecule has 0 radical (unpaired) electrons. The number of hydrogen-bond acceptors (Lipinski definition) is 3. The number of morpholine rings is 1. The highest BCUT2D eigenvalue weighted by atomic mass is 16.5. The van der Waals surface area contributed by atoms with Crippen LogP contribution in [-0.2, 0) is 11.3 Å². The Labute approximate surface area is 115 Å². The minimum absolute atomic E-state index is 0.00747. The van der Waals surface area contributed by atoms with Gasteiger partial charge in [-0.25, -0.2) is 0 Å². The molecule has 1 aliphatic heterocycles. The predicted octanol–water partition coefficient (Wildman–Crippen LogP) is 2.66. The molecule has 0 aliphatic carbocycles. The Hall–Kier alpha value is -1.71. The lowest BCUT2D eigenvalue weighted by Crippen LogP contribution is -2.38. The van der Waals surface area contributed by atoms with E-state index in [1.54, 1.807) is 12.3 Å². The van der Waals surface area contributed by atoms with Crippen molar-refractivity contribution in [2.45, 2.75) is 12.6 Å². The van der Waals surface area contributed by atoms with Crippen LogP contribution in [0.1, 0.15) is 18.7 Å². The molecule has 1 saturated heterocycles. The van der Waals surface area contributed by atoms with Crippen molar-refractivity contribution in [3.05, 3.63) is 66.0 Å². The molecule has 1 atom stereocenters. The fourth-order valence-electron chi connectivity index (χ4n) is 2.39. The molecule has 3 rings (SSSR count). The van der Waals surface area contributed by atoms with Crippen molar-refractivity contribution >= 4 is 0 Å². The zero-order valence-corrected chi connectivity index (χ0v) is 10.8. The topological polar surface area (TPSA) is 25.4 Å². The van der Waals surface area contributed by atoms with E-state index in [1.807, 2.05) is 12.1 Å². The van der Waals surface area contributed by atoms with Crippen molar-refractivity contribution in [3.8, 4) is 0 Å². The number of hydrogen-bond donors (Lipinski definition) is 0. The van der Waals surface area contributed by atoms with Gasteiger partial charge in [0.1, 0.15) is 6.10 Å². The van der Waals surface area contributed by atoms with Crippen LogP contribution in [0.25, 0.3) is 0 Å². The number of benzene rings is 1. The van der Waals surface area contributed by atoms with E-state index in [4.69, 9.17) is 6.11 Å². The fraction of sp³-hybridized carbons (Fsp3) is 0.312. The first-order valence-electron chi connectivity index (χ1n) is 7.12. The second-order valence-corrected chi connectivity index (χ2v) is 4.76. The van der Waals surface area contributed by atoms with Crippen LogP contribution in [0.3, 0.4) is 0 Å². The maximum absolute atomic E-state index is 7.48. The Bertz CT molecular complexity index is 544. The average Bonchev–Trinajstić information content (AvgIpc) is 2.49. The summed E-state index contributed by atoms with van der Waals surface area (Å²) in [5, 5.41) is 0. The molecule has 1 aromatic heterocycles. The monoisotopic (exact) mass is 255 g/mol. The number of nitrogens with zero attached hydrogens (tertiary/aromatic N) is 2. The van der Waals surface area contributed by atoms with Gasteiger partial charge in [0, 0.05) is 25.8 Å². The summed E-state index contributed by atoms with van der Waals surface area (Å²) in [5.74, 6) is 0. The molecule has 0 amide bonds. The molecule has 1 fully saturated rings. The van der Waals surface area contributed by atoms with Gasteiger partial charge < -0.3 is 4.74 Å². The lowest BCUT2D eigenvalue weighted by molar-refractivity contribution is -0.0349. The normalized spacial score (nSPS) is 21.1. The molecular formula is C16H18N2O. The summed E-state index contributed by atoms with van der Waals surface area (Å²) < 4.78 is 13.3. The van der Waals surface area contributed by atoms with Crippen LogP contribution in [0.2, 0.25) is 0 Å². The zero-order valence-electron chi connectivity index (χ0n) is 11.8. The maximum atomic E-state index is 7.48. The molecule has 0 bridgehead atoms. The summed E-state index contributed by atoms with van der Waals surface area (Å²) >= 11 is 0. The van der Waals surface area contributed by atoms with Gasteiger partial charge in [0.2, 0.25) is 0 Å². The molecule has 1 unspecified atom stereocenters. The SMILES string of the molecule is [2H]c1ccc(C2CN(Cc3ccccc3)CCO2)nc1. The van der Waals surface area contributed by atoms with Crippen LogP contribution in [0.15, 0.2) is 54.7 Å². The van der Waals surface area contributed by atoms with Crippen molar-refractivity contribution in [1.82, 2.24) is 9.88 Å². The first-order valence-corrected chi connectivity index (χ1v) is 6.62. The van der Waals surface area contributed by atoms with E-state index in [1.165, 1.54) is 5.56 Å². The molecule has 3 heteroatoms. The zero-order chi connectivity index (χ0) is 13.8. The molecular weight excluding hydrogens is 236 g/mol. The second-order valence-electron chi connectivity index (χ2n) is 4.76. The minimum Gasteiger partial charge on any atom is -0.369 e. The highest BCUT2D eigenvalue weighted by Gasteiger charge is 2.22. The van der Waals surface area contributed by atoms with Gasteiger partial charge in [-0.3, -0.25) is 9.88 Å². The molecule has 0 spiro atoms. The maximum Gasteiger partial charge on any atom is 0.112 e. The van der Waals surface area contributed by atoms with E-state index in [2.05, 4.69) is 34.1 Å². The van der Waals surface area contributed by atoms with Gasteiger partial charge in [0.15, 0.2) is 0 Å². The van der Waals surface area contributed by atoms with Crippen LogP contribution < -0.4 is 0 Å². The Morgan fingerprint density at radius 2 is 2.16 bits per heavy atom. The van der Waals surface area contributed by atoms with E-state index < -0.39 is 0 Å². The van der Waals surface area contributed by atoms with Crippen molar-refractivity contribution in [2.75, 3.05) is 19.7 Å². The first-order chi connectivity index (χ1) is 9.81. The largest absolute Gasteiger partial charge is 0.369 e. The van der Waals surface area contributed by atoms with Gasteiger partial charge in [-0.15, -0.1) is 0 Å². The molecule has 98 valence electrons. The Morgan fingerprint density at radius 1 is 1.26 bits per heavy atom. The van der Waals surface area contributed by atoms with Gasteiger partial charge in [-0.05, 0) is 17.7 Å². The molecule has 3 nitrogen and oxygen atoms in total. The van der Waals surface area contributed by atoms with Gasteiger partial charge in [0.05, 0.1) is 13.7 Å². The third-order valence-corrected chi connectivity index (χ3v) is 3.37. The Morgan fingerprint density at radius 3 is 2.95 bits per heavy atom. The van der Waals surface area contributed by atoms with Crippen LogP contribution >= 0.6 is 0 Å². The number of rotatable bonds is 3. The van der Waals surface area contributed by atoms with Gasteiger partial charge in [-0.1, -0.05) is 36.4 Å². The third-order valence-electron chi connectivity index (χ3n) is 3.37. The summed E-state index contributed by atoms with van der Waals surface area (Å²) in [5.41, 5.74) is 2.24. The first kappa shape index (κ1) is 11.1. The second kappa shape index (κ2) is 5.95. The summed E-state index contributed by atoms with van der Waals surface area (Å²) in [6.07, 6.45) is 1.59. The summed E-state index contributed by atoms with van der Waals surface area (Å²) in [6, 6.07) is 14.6. The van der Waals surface area contributed by atoms with Crippen molar-refractivity contribution < 1.29 is 6.11 Å². The van der Waals surface area contributed by atoms with Crippen LogP contribution in [0.5, 0.6) is 0 Å². The average molecular weight is 255 g/mol. The van der Waals surface area contributed by atoms with Crippen molar-refractivity contribution in [2.24, 2.45) is 0 Å². The van der Waals surface area contributed by atoms with E-state index in [9.17, 15) is 0 Å². The minimum atomic E-state index is 0.00747. The molecule has 0 saturated carbocycles. The van der Waals surface area contributed by atoms with Gasteiger partial charge in [-0.2, -0.15) is 0 Å². The van der Waals surface area contributed by atoms with Crippen LogP contribution in [0, 0.1) is 0 Å². The molecule has 1 aliphatic rings. The summed E-state index contributed by atoms with van der Waals surface area (Å²) in [6.45, 7) is 3.46. The van der Waals surface area contributed by atoms with Gasteiger partial charge in [0.25, 0.3) is 0 Å². The Balaban J connectivity index is 1.66. The molecule has 0 N–H and O–H groups in total. The number of pyridine rings is 1. The summed E-state index contributed by atoms with van der Waals surface area (Å²) in [4.78, 5) is 6.69.